The van der Waals surface area contributed by atoms with E-state index >= 15 is 0 Å². The van der Waals surface area contributed by atoms with Crippen LogP contribution in [0.1, 0.15) is 42.7 Å². The number of benzene rings is 1. The van der Waals surface area contributed by atoms with E-state index in [2.05, 4.69) is 0 Å². The average Bonchev–Trinajstić information content (AvgIpc) is 3.48. The van der Waals surface area contributed by atoms with Crippen LogP contribution in [0.15, 0.2) is 35.7 Å². The molecule has 1 aromatic heterocycles. The molecule has 2 amide bonds. The van der Waals surface area contributed by atoms with E-state index in [0.29, 0.717) is 31.9 Å². The van der Waals surface area contributed by atoms with E-state index in [9.17, 15) is 14.0 Å². The van der Waals surface area contributed by atoms with Gasteiger partial charge >= 0.3 is 0 Å². The van der Waals surface area contributed by atoms with Gasteiger partial charge in [-0.3, -0.25) is 9.59 Å². The maximum Gasteiger partial charge on any atom is 0.242 e. The van der Waals surface area contributed by atoms with Crippen LogP contribution in [0.5, 0.6) is 5.75 Å². The van der Waals surface area contributed by atoms with Crippen LogP contribution in [-0.4, -0.2) is 60.6 Å². The lowest BCUT2D eigenvalue weighted by Gasteiger charge is -2.37. The van der Waals surface area contributed by atoms with Gasteiger partial charge in [0.25, 0.3) is 0 Å². The molecule has 2 atom stereocenters. The second-order valence-corrected chi connectivity index (χ2v) is 9.18. The zero-order valence-corrected chi connectivity index (χ0v) is 19.1. The average molecular weight is 461 g/mol. The number of nitrogens with zero attached hydrogens (tertiary/aromatic N) is 2. The molecule has 4 rings (SSSR count). The molecule has 3 heterocycles. The number of carbonyl (C=O) groups excluding carboxylic acids is 2. The minimum Gasteiger partial charge on any atom is -0.491 e. The van der Waals surface area contributed by atoms with Crippen molar-refractivity contribution in [3.05, 3.63) is 52.0 Å². The summed E-state index contributed by atoms with van der Waals surface area (Å²) < 4.78 is 25.1. The number of amides is 2. The van der Waals surface area contributed by atoms with Crippen molar-refractivity contribution in [2.75, 3.05) is 32.8 Å². The zero-order valence-electron chi connectivity index (χ0n) is 18.3. The van der Waals surface area contributed by atoms with Crippen LogP contribution in [0.2, 0.25) is 0 Å². The Balaban J connectivity index is 1.48. The van der Waals surface area contributed by atoms with Gasteiger partial charge in [0.1, 0.15) is 18.2 Å². The molecule has 1 saturated heterocycles. The molecule has 0 bridgehead atoms. The topological polar surface area (TPSA) is 59.1 Å². The van der Waals surface area contributed by atoms with Gasteiger partial charge in [0, 0.05) is 37.1 Å². The minimum absolute atomic E-state index is 0.00441. The Morgan fingerprint density at radius 3 is 2.97 bits per heavy atom. The first-order valence-electron chi connectivity index (χ1n) is 11.2. The van der Waals surface area contributed by atoms with Gasteiger partial charge in [-0.15, -0.1) is 11.3 Å². The zero-order chi connectivity index (χ0) is 22.5. The molecule has 2 aliphatic heterocycles. The summed E-state index contributed by atoms with van der Waals surface area (Å²) >= 11 is 1.68. The molecule has 2 aromatic rings. The van der Waals surface area contributed by atoms with E-state index in [-0.39, 0.29) is 42.9 Å². The van der Waals surface area contributed by atoms with Crippen molar-refractivity contribution in [3.63, 3.8) is 0 Å². The van der Waals surface area contributed by atoms with Crippen LogP contribution in [0.4, 0.5) is 4.39 Å². The van der Waals surface area contributed by atoms with Crippen molar-refractivity contribution < 1.29 is 23.5 Å². The van der Waals surface area contributed by atoms with Gasteiger partial charge in [0.15, 0.2) is 0 Å². The Morgan fingerprint density at radius 2 is 2.22 bits per heavy atom. The molecule has 0 spiro atoms. The summed E-state index contributed by atoms with van der Waals surface area (Å²) in [4.78, 5) is 30.6. The van der Waals surface area contributed by atoms with Crippen molar-refractivity contribution in [2.24, 2.45) is 0 Å². The van der Waals surface area contributed by atoms with Crippen molar-refractivity contribution in [1.29, 1.82) is 0 Å². The second kappa shape index (κ2) is 10.4. The number of hydrogen-bond acceptors (Lipinski definition) is 5. The number of halogens is 1. The molecule has 0 radical (unpaired) electrons. The van der Waals surface area contributed by atoms with Crippen LogP contribution in [0.3, 0.4) is 0 Å². The van der Waals surface area contributed by atoms with E-state index in [1.165, 1.54) is 17.0 Å². The Hall–Kier alpha value is -2.45. The smallest absolute Gasteiger partial charge is 0.242 e. The van der Waals surface area contributed by atoms with E-state index in [0.717, 1.165) is 24.8 Å². The molecule has 172 valence electrons. The van der Waals surface area contributed by atoms with Crippen molar-refractivity contribution in [2.45, 2.75) is 44.8 Å². The maximum absolute atomic E-state index is 13.6. The van der Waals surface area contributed by atoms with Crippen molar-refractivity contribution in [3.8, 4) is 5.75 Å². The lowest BCUT2D eigenvalue weighted by Crippen LogP contribution is -2.49. The van der Waals surface area contributed by atoms with E-state index in [1.807, 2.05) is 18.4 Å². The third kappa shape index (κ3) is 5.30. The fourth-order valence-electron chi connectivity index (χ4n) is 4.37. The van der Waals surface area contributed by atoms with Crippen LogP contribution in [0.25, 0.3) is 0 Å². The monoisotopic (exact) mass is 460 g/mol. The number of thiophene rings is 1. The highest BCUT2D eigenvalue weighted by Gasteiger charge is 2.34. The summed E-state index contributed by atoms with van der Waals surface area (Å²) in [5.41, 5.74) is 1.07. The van der Waals surface area contributed by atoms with Gasteiger partial charge in [-0.2, -0.15) is 0 Å². The highest BCUT2D eigenvalue weighted by Crippen LogP contribution is 2.34. The molecular weight excluding hydrogens is 431 g/mol. The van der Waals surface area contributed by atoms with Gasteiger partial charge in [-0.1, -0.05) is 13.0 Å². The van der Waals surface area contributed by atoms with Crippen LogP contribution >= 0.6 is 11.3 Å². The standard InChI is InChI=1S/C24H29FN2O4S/c1-2-23(28)26(14-19-7-4-11-30-19)15-24(29)27-10-8-22-20(9-12-32-22)21(27)16-31-18-6-3-5-17(25)13-18/h3,5-6,9,12-13,19,21H,2,4,7-8,10-11,14-16H2,1H3. The molecule has 6 nitrogen and oxygen atoms in total. The quantitative estimate of drug-likeness (QED) is 0.601. The van der Waals surface area contributed by atoms with Crippen LogP contribution in [-0.2, 0) is 20.7 Å². The molecule has 2 unspecified atom stereocenters. The summed E-state index contributed by atoms with van der Waals surface area (Å²) in [7, 11) is 0. The molecule has 2 aliphatic rings. The maximum atomic E-state index is 13.6. The fourth-order valence-corrected chi connectivity index (χ4v) is 5.30. The molecule has 8 heteroatoms. The number of ether oxygens (including phenoxy) is 2. The molecule has 1 aromatic carbocycles. The van der Waals surface area contributed by atoms with Gasteiger partial charge in [-0.25, -0.2) is 4.39 Å². The van der Waals surface area contributed by atoms with Gasteiger partial charge in [-0.05, 0) is 48.4 Å². The SMILES string of the molecule is CCC(=O)N(CC(=O)N1CCc2sccc2C1COc1cccc(F)c1)CC1CCCO1. The van der Waals surface area contributed by atoms with Crippen molar-refractivity contribution >= 4 is 23.2 Å². The third-order valence-electron chi connectivity index (χ3n) is 6.05. The van der Waals surface area contributed by atoms with Gasteiger partial charge < -0.3 is 19.3 Å². The molecule has 32 heavy (non-hydrogen) atoms. The molecule has 0 aliphatic carbocycles. The highest BCUT2D eigenvalue weighted by atomic mass is 32.1. The first-order chi connectivity index (χ1) is 15.5. The van der Waals surface area contributed by atoms with Gasteiger partial charge in [0.2, 0.25) is 11.8 Å². The predicted molar refractivity (Wildman–Crippen MR) is 120 cm³/mol. The summed E-state index contributed by atoms with van der Waals surface area (Å²) in [6.45, 7) is 3.79. The molecule has 1 fully saturated rings. The fraction of sp³-hybridized carbons (Fsp3) is 0.500. The second-order valence-electron chi connectivity index (χ2n) is 8.18. The highest BCUT2D eigenvalue weighted by molar-refractivity contribution is 7.10. The van der Waals surface area contributed by atoms with E-state index < -0.39 is 0 Å². The van der Waals surface area contributed by atoms with Gasteiger partial charge in [0.05, 0.1) is 18.7 Å². The lowest BCUT2D eigenvalue weighted by atomic mass is 10.0. The van der Waals surface area contributed by atoms with Crippen LogP contribution in [0, 0.1) is 5.82 Å². The largest absolute Gasteiger partial charge is 0.491 e. The number of fused-ring (bicyclic) bond motifs is 1. The molecule has 0 N–H and O–H groups in total. The summed E-state index contributed by atoms with van der Waals surface area (Å²) in [6, 6.07) is 7.77. The minimum atomic E-state index is -0.363. The Labute approximate surface area is 191 Å². The summed E-state index contributed by atoms with van der Waals surface area (Å²) in [5, 5.41) is 2.03. The number of rotatable bonds is 8. The van der Waals surface area contributed by atoms with Crippen LogP contribution < -0.4 is 4.74 Å². The van der Waals surface area contributed by atoms with E-state index in [4.69, 9.17) is 9.47 Å². The Bertz CT molecular complexity index is 944. The first-order valence-corrected chi connectivity index (χ1v) is 12.1. The number of hydrogen-bond donors (Lipinski definition) is 0. The normalized spacial score (nSPS) is 20.1. The number of carbonyl (C=O) groups is 2. The lowest BCUT2D eigenvalue weighted by molar-refractivity contribution is -0.143. The molecular formula is C24H29FN2O4S. The summed E-state index contributed by atoms with van der Waals surface area (Å²) in [6.07, 6.45) is 3.02. The third-order valence-corrected chi connectivity index (χ3v) is 7.04. The Morgan fingerprint density at radius 1 is 1.34 bits per heavy atom. The summed E-state index contributed by atoms with van der Waals surface area (Å²) in [5.74, 6) is -0.0804. The van der Waals surface area contributed by atoms with E-state index in [1.54, 1.807) is 33.3 Å². The first kappa shape index (κ1) is 22.7. The molecule has 0 saturated carbocycles. The van der Waals surface area contributed by atoms with Crippen molar-refractivity contribution in [1.82, 2.24) is 9.80 Å². The predicted octanol–water partition coefficient (Wildman–Crippen LogP) is 3.81. The Kier molecular flexibility index (Phi) is 7.42.